The molecule has 1 amide bonds. The Labute approximate surface area is 167 Å². The molecule has 0 atom stereocenters. The summed E-state index contributed by atoms with van der Waals surface area (Å²) >= 11 is 0. The van der Waals surface area contributed by atoms with Gasteiger partial charge in [-0.3, -0.25) is 4.79 Å². The standard InChI is InChI=1S/C21H20N4O4/c1-28-17-8-6-14(7-9-17)13-23-19(26)18-10-11-22-21(25-18)24-16-5-3-4-15(12-16)20(27)29-2/h3-12H,13H2,1-2H3,(H,23,26)(H,22,24,25). The molecular formula is C21H20N4O4. The van der Waals surface area contributed by atoms with Crippen molar-refractivity contribution in [1.82, 2.24) is 15.3 Å². The minimum Gasteiger partial charge on any atom is -0.497 e. The van der Waals surface area contributed by atoms with Crippen LogP contribution in [0.25, 0.3) is 0 Å². The molecule has 8 heteroatoms. The highest BCUT2D eigenvalue weighted by atomic mass is 16.5. The Morgan fingerprint density at radius 1 is 1.03 bits per heavy atom. The van der Waals surface area contributed by atoms with Crippen LogP contribution in [0.2, 0.25) is 0 Å². The van der Waals surface area contributed by atoms with Gasteiger partial charge in [0, 0.05) is 18.4 Å². The van der Waals surface area contributed by atoms with E-state index in [0.29, 0.717) is 17.8 Å². The largest absolute Gasteiger partial charge is 0.497 e. The van der Waals surface area contributed by atoms with E-state index in [1.54, 1.807) is 31.4 Å². The second kappa shape index (κ2) is 9.32. The summed E-state index contributed by atoms with van der Waals surface area (Å²) in [4.78, 5) is 32.4. The monoisotopic (exact) mass is 392 g/mol. The van der Waals surface area contributed by atoms with Crippen LogP contribution < -0.4 is 15.4 Å². The number of hydrogen-bond acceptors (Lipinski definition) is 7. The van der Waals surface area contributed by atoms with Crippen molar-refractivity contribution in [3.8, 4) is 5.75 Å². The number of amides is 1. The fraction of sp³-hybridized carbons (Fsp3) is 0.143. The molecule has 0 aliphatic heterocycles. The van der Waals surface area contributed by atoms with Crippen molar-refractivity contribution in [2.75, 3.05) is 19.5 Å². The highest BCUT2D eigenvalue weighted by Crippen LogP contribution is 2.16. The number of nitrogens with zero attached hydrogens (tertiary/aromatic N) is 2. The van der Waals surface area contributed by atoms with Crippen molar-refractivity contribution >= 4 is 23.5 Å². The molecule has 0 aliphatic rings. The molecule has 29 heavy (non-hydrogen) atoms. The predicted octanol–water partition coefficient (Wildman–Crippen LogP) is 2.95. The quantitative estimate of drug-likeness (QED) is 0.596. The molecule has 0 bridgehead atoms. The minimum atomic E-state index is -0.443. The van der Waals surface area contributed by atoms with Gasteiger partial charge in [-0.15, -0.1) is 0 Å². The maximum atomic E-state index is 12.4. The molecule has 0 saturated carbocycles. The number of aromatic nitrogens is 2. The van der Waals surface area contributed by atoms with Crippen LogP contribution in [0.3, 0.4) is 0 Å². The second-order valence-corrected chi connectivity index (χ2v) is 5.99. The third-order valence-electron chi connectivity index (χ3n) is 4.04. The van der Waals surface area contributed by atoms with E-state index in [4.69, 9.17) is 9.47 Å². The molecule has 2 aromatic carbocycles. The van der Waals surface area contributed by atoms with E-state index in [-0.39, 0.29) is 17.5 Å². The number of esters is 1. The summed E-state index contributed by atoms with van der Waals surface area (Å²) < 4.78 is 9.83. The summed E-state index contributed by atoms with van der Waals surface area (Å²) in [5.41, 5.74) is 2.15. The van der Waals surface area contributed by atoms with Gasteiger partial charge in [-0.1, -0.05) is 18.2 Å². The number of hydrogen-bond donors (Lipinski definition) is 2. The van der Waals surface area contributed by atoms with E-state index >= 15 is 0 Å². The zero-order valence-corrected chi connectivity index (χ0v) is 16.0. The summed E-state index contributed by atoms with van der Waals surface area (Å²) in [6.07, 6.45) is 1.49. The van der Waals surface area contributed by atoms with Gasteiger partial charge < -0.3 is 20.1 Å². The van der Waals surface area contributed by atoms with Crippen LogP contribution in [0.1, 0.15) is 26.4 Å². The van der Waals surface area contributed by atoms with Gasteiger partial charge in [0.1, 0.15) is 11.4 Å². The van der Waals surface area contributed by atoms with Crippen molar-refractivity contribution in [1.29, 1.82) is 0 Å². The first kappa shape index (κ1) is 19.8. The molecule has 0 aliphatic carbocycles. The number of methoxy groups -OCH3 is 2. The van der Waals surface area contributed by atoms with Crippen molar-refractivity contribution in [2.24, 2.45) is 0 Å². The molecule has 148 valence electrons. The first-order valence-corrected chi connectivity index (χ1v) is 8.78. The van der Waals surface area contributed by atoms with Gasteiger partial charge in [0.05, 0.1) is 19.8 Å². The SMILES string of the molecule is COC(=O)c1cccc(Nc2nccc(C(=O)NCc3ccc(OC)cc3)n2)c1. The van der Waals surface area contributed by atoms with Crippen LogP contribution in [0.4, 0.5) is 11.6 Å². The summed E-state index contributed by atoms with van der Waals surface area (Å²) in [5, 5.41) is 5.80. The highest BCUT2D eigenvalue weighted by Gasteiger charge is 2.10. The Balaban J connectivity index is 1.65. The van der Waals surface area contributed by atoms with Crippen molar-refractivity contribution < 1.29 is 19.1 Å². The third kappa shape index (κ3) is 5.29. The van der Waals surface area contributed by atoms with Crippen molar-refractivity contribution in [3.05, 3.63) is 77.6 Å². The van der Waals surface area contributed by atoms with Crippen LogP contribution in [0, 0.1) is 0 Å². The van der Waals surface area contributed by atoms with Crippen LogP contribution in [0.15, 0.2) is 60.8 Å². The Morgan fingerprint density at radius 3 is 2.55 bits per heavy atom. The molecule has 3 rings (SSSR count). The molecule has 3 aromatic rings. The number of benzene rings is 2. The van der Waals surface area contributed by atoms with Gasteiger partial charge in [0.25, 0.3) is 5.91 Å². The molecule has 8 nitrogen and oxygen atoms in total. The molecule has 0 saturated heterocycles. The molecule has 0 radical (unpaired) electrons. The van der Waals surface area contributed by atoms with Gasteiger partial charge >= 0.3 is 5.97 Å². The lowest BCUT2D eigenvalue weighted by atomic mass is 10.2. The van der Waals surface area contributed by atoms with Crippen molar-refractivity contribution in [3.63, 3.8) is 0 Å². The van der Waals surface area contributed by atoms with E-state index in [1.807, 2.05) is 24.3 Å². The van der Waals surface area contributed by atoms with Gasteiger partial charge in [0.2, 0.25) is 5.95 Å². The lowest BCUT2D eigenvalue weighted by molar-refractivity contribution is 0.0600. The Hall–Kier alpha value is -3.94. The second-order valence-electron chi connectivity index (χ2n) is 5.99. The van der Waals surface area contributed by atoms with E-state index in [2.05, 4.69) is 20.6 Å². The average molecular weight is 392 g/mol. The highest BCUT2D eigenvalue weighted by molar-refractivity contribution is 5.92. The third-order valence-corrected chi connectivity index (χ3v) is 4.04. The van der Waals surface area contributed by atoms with Crippen LogP contribution in [0.5, 0.6) is 5.75 Å². The van der Waals surface area contributed by atoms with E-state index in [9.17, 15) is 9.59 Å². The summed E-state index contributed by atoms with van der Waals surface area (Å²) in [6, 6.07) is 15.7. The number of ether oxygens (including phenoxy) is 2. The molecule has 0 fully saturated rings. The zero-order valence-electron chi connectivity index (χ0n) is 16.0. The lowest BCUT2D eigenvalue weighted by Gasteiger charge is -2.09. The lowest BCUT2D eigenvalue weighted by Crippen LogP contribution is -2.24. The maximum absolute atomic E-state index is 12.4. The maximum Gasteiger partial charge on any atom is 0.337 e. The zero-order chi connectivity index (χ0) is 20.6. The van der Waals surface area contributed by atoms with Crippen LogP contribution >= 0.6 is 0 Å². The van der Waals surface area contributed by atoms with Gasteiger partial charge in [-0.05, 0) is 42.0 Å². The number of carbonyl (C=O) groups is 2. The molecule has 0 unspecified atom stereocenters. The fourth-order valence-corrected chi connectivity index (χ4v) is 2.53. The smallest absolute Gasteiger partial charge is 0.337 e. The van der Waals surface area contributed by atoms with E-state index in [0.717, 1.165) is 11.3 Å². The van der Waals surface area contributed by atoms with Crippen LogP contribution in [-0.2, 0) is 11.3 Å². The van der Waals surface area contributed by atoms with E-state index < -0.39 is 5.97 Å². The minimum absolute atomic E-state index is 0.222. The number of nitrogens with one attached hydrogen (secondary N) is 2. The Morgan fingerprint density at radius 2 is 1.83 bits per heavy atom. The Kier molecular flexibility index (Phi) is 6.36. The first-order valence-electron chi connectivity index (χ1n) is 8.78. The topological polar surface area (TPSA) is 102 Å². The molecule has 0 spiro atoms. The summed E-state index contributed by atoms with van der Waals surface area (Å²) in [5.74, 6) is 0.225. The Bertz CT molecular complexity index is 1010. The van der Waals surface area contributed by atoms with Gasteiger partial charge in [0.15, 0.2) is 0 Å². The van der Waals surface area contributed by atoms with Crippen molar-refractivity contribution in [2.45, 2.75) is 6.54 Å². The number of anilines is 2. The van der Waals surface area contributed by atoms with E-state index in [1.165, 1.54) is 19.4 Å². The predicted molar refractivity (Wildman–Crippen MR) is 107 cm³/mol. The fourth-order valence-electron chi connectivity index (χ4n) is 2.53. The summed E-state index contributed by atoms with van der Waals surface area (Å²) in [7, 11) is 2.92. The molecule has 2 N–H and O–H groups in total. The average Bonchev–Trinajstić information content (AvgIpc) is 2.77. The van der Waals surface area contributed by atoms with Gasteiger partial charge in [-0.25, -0.2) is 14.8 Å². The number of carbonyl (C=O) groups excluding carboxylic acids is 2. The number of rotatable bonds is 7. The molecular weight excluding hydrogens is 372 g/mol. The van der Waals surface area contributed by atoms with Crippen LogP contribution in [-0.4, -0.2) is 36.1 Å². The summed E-state index contributed by atoms with van der Waals surface area (Å²) in [6.45, 7) is 0.358. The molecule has 1 heterocycles. The van der Waals surface area contributed by atoms with Gasteiger partial charge in [-0.2, -0.15) is 0 Å². The molecule has 1 aromatic heterocycles. The first-order chi connectivity index (χ1) is 14.1. The normalized spacial score (nSPS) is 10.1.